The first-order chi connectivity index (χ1) is 14.0. The summed E-state index contributed by atoms with van der Waals surface area (Å²) in [5, 5.41) is 0.307. The summed E-state index contributed by atoms with van der Waals surface area (Å²) in [6.45, 7) is 0.904. The Morgan fingerprint density at radius 2 is 2.07 bits per heavy atom. The Morgan fingerprint density at radius 3 is 2.79 bits per heavy atom. The lowest BCUT2D eigenvalue weighted by atomic mass is 9.88. The summed E-state index contributed by atoms with van der Waals surface area (Å²) in [7, 11) is 3.31. The van der Waals surface area contributed by atoms with E-state index in [4.69, 9.17) is 16.3 Å². The van der Waals surface area contributed by atoms with E-state index in [-0.39, 0.29) is 11.5 Å². The summed E-state index contributed by atoms with van der Waals surface area (Å²) >= 11 is 6.42. The maximum Gasteiger partial charge on any atom is 0.274 e. The van der Waals surface area contributed by atoms with Crippen LogP contribution >= 0.6 is 11.6 Å². The molecule has 1 saturated carbocycles. The molecule has 4 rings (SSSR count). The Balaban J connectivity index is 1.88. The third kappa shape index (κ3) is 3.65. The van der Waals surface area contributed by atoms with Crippen molar-refractivity contribution in [3.05, 3.63) is 45.1 Å². The number of ether oxygens (including phenoxy) is 1. The lowest BCUT2D eigenvalue weighted by Gasteiger charge is -2.21. The molecule has 29 heavy (non-hydrogen) atoms. The molecule has 0 radical (unpaired) electrons. The molecular formula is C21H25ClN4O3. The van der Waals surface area contributed by atoms with Crippen molar-refractivity contribution in [2.24, 2.45) is 0 Å². The zero-order chi connectivity index (χ0) is 20.5. The quantitative estimate of drug-likeness (QED) is 0.689. The predicted molar refractivity (Wildman–Crippen MR) is 113 cm³/mol. The number of H-pyrrole nitrogens is 1. The molecule has 154 valence electrons. The summed E-state index contributed by atoms with van der Waals surface area (Å²) in [4.78, 5) is 34.6. The van der Waals surface area contributed by atoms with E-state index in [9.17, 15) is 9.59 Å². The number of hydrogen-bond acceptors (Lipinski definition) is 4. The molecule has 0 aliphatic heterocycles. The highest BCUT2D eigenvalue weighted by molar-refractivity contribution is 6.34. The van der Waals surface area contributed by atoms with Gasteiger partial charge >= 0.3 is 0 Å². The molecule has 8 heteroatoms. The fourth-order valence-corrected chi connectivity index (χ4v) is 4.41. The van der Waals surface area contributed by atoms with Gasteiger partial charge in [0.2, 0.25) is 0 Å². The molecule has 1 amide bonds. The van der Waals surface area contributed by atoms with Crippen molar-refractivity contribution in [2.75, 3.05) is 27.3 Å². The monoisotopic (exact) mass is 416 g/mol. The molecule has 1 N–H and O–H groups in total. The number of halogens is 1. The molecule has 0 unspecified atom stereocenters. The molecule has 1 aromatic carbocycles. The summed E-state index contributed by atoms with van der Waals surface area (Å²) < 4.78 is 6.97. The van der Waals surface area contributed by atoms with Gasteiger partial charge in [-0.25, -0.2) is 4.98 Å². The highest BCUT2D eigenvalue weighted by Gasteiger charge is 2.23. The van der Waals surface area contributed by atoms with E-state index in [1.54, 1.807) is 37.4 Å². The zero-order valence-electron chi connectivity index (χ0n) is 16.7. The van der Waals surface area contributed by atoms with Crippen molar-refractivity contribution < 1.29 is 9.53 Å². The molecule has 1 fully saturated rings. The second-order valence-corrected chi connectivity index (χ2v) is 8.10. The molecule has 2 heterocycles. The van der Waals surface area contributed by atoms with Gasteiger partial charge in [0.25, 0.3) is 11.5 Å². The zero-order valence-corrected chi connectivity index (χ0v) is 17.5. The summed E-state index contributed by atoms with van der Waals surface area (Å²) in [6, 6.07) is 3.42. The maximum atomic E-state index is 12.9. The second-order valence-electron chi connectivity index (χ2n) is 7.69. The number of aromatic amines is 1. The molecule has 1 aliphatic rings. The largest absolute Gasteiger partial charge is 0.383 e. The van der Waals surface area contributed by atoms with Gasteiger partial charge in [-0.2, -0.15) is 0 Å². The van der Waals surface area contributed by atoms with Gasteiger partial charge in [-0.05, 0) is 25.0 Å². The first kappa shape index (κ1) is 19.9. The number of amides is 1. The molecular weight excluding hydrogens is 392 g/mol. The van der Waals surface area contributed by atoms with Gasteiger partial charge in [0.15, 0.2) is 0 Å². The minimum atomic E-state index is -0.209. The van der Waals surface area contributed by atoms with E-state index in [0.717, 1.165) is 24.2 Å². The third-order valence-corrected chi connectivity index (χ3v) is 6.09. The Morgan fingerprint density at radius 1 is 1.31 bits per heavy atom. The van der Waals surface area contributed by atoms with Crippen molar-refractivity contribution in [3.8, 4) is 0 Å². The molecule has 0 bridgehead atoms. The van der Waals surface area contributed by atoms with Crippen LogP contribution in [0.2, 0.25) is 5.02 Å². The Hall–Kier alpha value is -2.38. The molecule has 0 saturated heterocycles. The Labute approximate surface area is 173 Å². The highest BCUT2D eigenvalue weighted by Crippen LogP contribution is 2.33. The van der Waals surface area contributed by atoms with E-state index in [1.807, 2.05) is 4.40 Å². The molecule has 7 nitrogen and oxygen atoms in total. The number of likely N-dealkylation sites (N-methyl/N-ethyl adjacent to an activating group) is 1. The summed E-state index contributed by atoms with van der Waals surface area (Å²) in [6.07, 6.45) is 7.33. The van der Waals surface area contributed by atoms with Crippen molar-refractivity contribution in [2.45, 2.75) is 38.0 Å². The average Bonchev–Trinajstić information content (AvgIpc) is 3.18. The van der Waals surface area contributed by atoms with Crippen LogP contribution in [0, 0.1) is 0 Å². The van der Waals surface area contributed by atoms with E-state index < -0.39 is 0 Å². The smallest absolute Gasteiger partial charge is 0.274 e. The van der Waals surface area contributed by atoms with Crippen LogP contribution in [0.3, 0.4) is 0 Å². The standard InChI is InChI=1S/C21H25ClN4O3/c1-25(8-9-29-2)21(28)14-10-17-16(11-15(14)22)24-20(27)18-12-23-19(26(17)18)13-6-4-3-5-7-13/h10-13H,3-9H2,1-2H3,(H,24,27). The topological polar surface area (TPSA) is 79.7 Å². The van der Waals surface area contributed by atoms with Crippen molar-refractivity contribution in [3.63, 3.8) is 0 Å². The molecule has 2 aromatic heterocycles. The molecule has 0 atom stereocenters. The van der Waals surface area contributed by atoms with E-state index in [0.29, 0.717) is 40.7 Å². The van der Waals surface area contributed by atoms with Crippen LogP contribution in [0.4, 0.5) is 0 Å². The number of hydrogen-bond donors (Lipinski definition) is 1. The number of aromatic nitrogens is 3. The van der Waals surface area contributed by atoms with Crippen molar-refractivity contribution >= 4 is 34.1 Å². The normalized spacial score (nSPS) is 15.3. The molecule has 0 spiro atoms. The minimum absolute atomic E-state index is 0.187. The van der Waals surface area contributed by atoms with Crippen LogP contribution in [0.15, 0.2) is 23.1 Å². The van der Waals surface area contributed by atoms with Crippen LogP contribution < -0.4 is 5.56 Å². The minimum Gasteiger partial charge on any atom is -0.383 e. The number of benzene rings is 1. The SMILES string of the molecule is COCCN(C)C(=O)c1cc2c(cc1Cl)[nH]c(=O)c1cnc(C3CCCCC3)n12. The molecule has 1 aliphatic carbocycles. The molecule has 3 aromatic rings. The number of nitrogens with one attached hydrogen (secondary N) is 1. The highest BCUT2D eigenvalue weighted by atomic mass is 35.5. The number of fused-ring (bicyclic) bond motifs is 3. The lowest BCUT2D eigenvalue weighted by molar-refractivity contribution is 0.0744. The fraction of sp³-hybridized carbons (Fsp3) is 0.476. The third-order valence-electron chi connectivity index (χ3n) is 5.77. The lowest BCUT2D eigenvalue weighted by Crippen LogP contribution is -2.30. The predicted octanol–water partition coefficient (Wildman–Crippen LogP) is 3.60. The maximum absolute atomic E-state index is 12.9. The van der Waals surface area contributed by atoms with Gasteiger partial charge in [0, 0.05) is 26.6 Å². The van der Waals surface area contributed by atoms with Crippen molar-refractivity contribution in [1.29, 1.82) is 0 Å². The first-order valence-corrected chi connectivity index (χ1v) is 10.4. The Kier molecular flexibility index (Phi) is 5.61. The van der Waals surface area contributed by atoms with Gasteiger partial charge in [0.05, 0.1) is 34.4 Å². The van der Waals surface area contributed by atoms with E-state index >= 15 is 0 Å². The van der Waals surface area contributed by atoms with E-state index in [1.165, 1.54) is 19.3 Å². The number of imidazole rings is 1. The summed E-state index contributed by atoms with van der Waals surface area (Å²) in [5.74, 6) is 1.02. The van der Waals surface area contributed by atoms with Gasteiger partial charge in [0.1, 0.15) is 11.3 Å². The van der Waals surface area contributed by atoms with Crippen LogP contribution in [-0.4, -0.2) is 52.5 Å². The summed E-state index contributed by atoms with van der Waals surface area (Å²) in [5.41, 5.74) is 2.02. The van der Waals surface area contributed by atoms with Crippen LogP contribution in [0.1, 0.15) is 54.2 Å². The number of carbonyl (C=O) groups excluding carboxylic acids is 1. The van der Waals surface area contributed by atoms with Gasteiger partial charge < -0.3 is 14.6 Å². The van der Waals surface area contributed by atoms with Gasteiger partial charge in [-0.3, -0.25) is 14.0 Å². The van der Waals surface area contributed by atoms with Crippen molar-refractivity contribution in [1.82, 2.24) is 19.3 Å². The number of carbonyl (C=O) groups is 1. The average molecular weight is 417 g/mol. The van der Waals surface area contributed by atoms with Crippen LogP contribution in [0.5, 0.6) is 0 Å². The number of rotatable bonds is 5. The number of methoxy groups -OCH3 is 1. The fourth-order valence-electron chi connectivity index (χ4n) is 4.16. The number of nitrogens with zero attached hydrogens (tertiary/aromatic N) is 3. The van der Waals surface area contributed by atoms with Gasteiger partial charge in [-0.1, -0.05) is 30.9 Å². The van der Waals surface area contributed by atoms with Gasteiger partial charge in [-0.15, -0.1) is 0 Å². The van der Waals surface area contributed by atoms with Crippen LogP contribution in [0.25, 0.3) is 16.6 Å². The van der Waals surface area contributed by atoms with Crippen LogP contribution in [-0.2, 0) is 4.74 Å². The Bertz CT molecular complexity index is 1110. The van der Waals surface area contributed by atoms with E-state index in [2.05, 4.69) is 9.97 Å². The second kappa shape index (κ2) is 8.16. The first-order valence-electron chi connectivity index (χ1n) is 9.98.